The van der Waals surface area contributed by atoms with Gasteiger partial charge in [0.2, 0.25) is 0 Å². The molecule has 1 aliphatic rings. The summed E-state index contributed by atoms with van der Waals surface area (Å²) in [5.74, 6) is -0.364. The Labute approximate surface area is 129 Å². The molecule has 7 heteroatoms. The van der Waals surface area contributed by atoms with Crippen LogP contribution in [0.5, 0.6) is 0 Å². The van der Waals surface area contributed by atoms with Crippen LogP contribution in [0.15, 0.2) is 6.20 Å². The van der Waals surface area contributed by atoms with Crippen LogP contribution in [0.1, 0.15) is 45.1 Å². The summed E-state index contributed by atoms with van der Waals surface area (Å²) in [6.45, 7) is 6.48. The highest BCUT2D eigenvalue weighted by Crippen LogP contribution is 2.35. The zero-order valence-electron chi connectivity index (χ0n) is 13.2. The number of amides is 1. The number of carbonyl (C=O) groups excluding carboxylic acids is 1. The van der Waals surface area contributed by atoms with Gasteiger partial charge in [-0.3, -0.25) is 0 Å². The van der Waals surface area contributed by atoms with Crippen LogP contribution in [0.4, 0.5) is 20.7 Å². The maximum absolute atomic E-state index is 14.0. The van der Waals surface area contributed by atoms with Crippen LogP contribution in [0.2, 0.25) is 0 Å². The van der Waals surface area contributed by atoms with Gasteiger partial charge in [-0.15, -0.1) is 0 Å². The van der Waals surface area contributed by atoms with Crippen LogP contribution in [0.25, 0.3) is 0 Å². The third-order valence-corrected chi connectivity index (χ3v) is 3.70. The van der Waals surface area contributed by atoms with E-state index in [1.54, 1.807) is 4.90 Å². The monoisotopic (exact) mass is 310 g/mol. The molecular weight excluding hydrogens is 287 g/mol. The molecule has 0 spiro atoms. The molecule has 0 aromatic carbocycles. The van der Waals surface area contributed by atoms with Gasteiger partial charge >= 0.3 is 6.09 Å². The summed E-state index contributed by atoms with van der Waals surface area (Å²) in [6.07, 6.45) is 1.99. The summed E-state index contributed by atoms with van der Waals surface area (Å²) in [5.41, 5.74) is 11.6. The van der Waals surface area contributed by atoms with Crippen molar-refractivity contribution in [2.45, 2.75) is 45.1 Å². The smallest absolute Gasteiger partial charge is 0.410 e. The summed E-state index contributed by atoms with van der Waals surface area (Å²) in [7, 11) is 0. The highest BCUT2D eigenvalue weighted by Gasteiger charge is 2.30. The number of hydrogen-bond donors (Lipinski definition) is 2. The fourth-order valence-corrected chi connectivity index (χ4v) is 2.62. The first-order valence-electron chi connectivity index (χ1n) is 7.36. The largest absolute Gasteiger partial charge is 0.444 e. The normalized spacial score (nSPS) is 16.6. The topological polar surface area (TPSA) is 94.5 Å². The first-order valence-corrected chi connectivity index (χ1v) is 7.36. The molecule has 1 amide bonds. The maximum atomic E-state index is 14.0. The van der Waals surface area contributed by atoms with Gasteiger partial charge in [0.1, 0.15) is 17.2 Å². The van der Waals surface area contributed by atoms with Gasteiger partial charge in [0, 0.05) is 18.7 Å². The van der Waals surface area contributed by atoms with Crippen LogP contribution in [0.3, 0.4) is 0 Å². The zero-order chi connectivity index (χ0) is 16.5. The fourth-order valence-electron chi connectivity index (χ4n) is 2.62. The van der Waals surface area contributed by atoms with Crippen molar-refractivity contribution in [3.05, 3.63) is 17.6 Å². The van der Waals surface area contributed by atoms with Gasteiger partial charge in [0.25, 0.3) is 0 Å². The van der Waals surface area contributed by atoms with Crippen molar-refractivity contribution in [3.63, 3.8) is 0 Å². The molecule has 1 aromatic rings. The lowest BCUT2D eigenvalue weighted by Gasteiger charge is -2.34. The van der Waals surface area contributed by atoms with Crippen LogP contribution in [-0.4, -0.2) is 34.7 Å². The third kappa shape index (κ3) is 3.58. The van der Waals surface area contributed by atoms with Crippen molar-refractivity contribution in [1.82, 2.24) is 9.88 Å². The van der Waals surface area contributed by atoms with E-state index in [0.29, 0.717) is 31.5 Å². The number of pyridine rings is 1. The van der Waals surface area contributed by atoms with Crippen molar-refractivity contribution < 1.29 is 13.9 Å². The van der Waals surface area contributed by atoms with Gasteiger partial charge in [-0.25, -0.2) is 14.2 Å². The molecule has 0 saturated carbocycles. The Morgan fingerprint density at radius 2 is 1.95 bits per heavy atom. The molecule has 6 nitrogen and oxygen atoms in total. The van der Waals surface area contributed by atoms with E-state index < -0.39 is 11.4 Å². The Morgan fingerprint density at radius 1 is 1.36 bits per heavy atom. The summed E-state index contributed by atoms with van der Waals surface area (Å²) in [6, 6.07) is 0. The molecule has 4 N–H and O–H groups in total. The standard InChI is InChI=1S/C15H23FN4O2/c1-15(2,3)22-14(21)20-6-4-9(5-7-20)11-10(16)8-19-13(18)12(11)17/h8-9H,4-7,17H2,1-3H3,(H2,18,19). The van der Waals surface area contributed by atoms with E-state index in [4.69, 9.17) is 16.2 Å². The fraction of sp³-hybridized carbons (Fsp3) is 0.600. The molecular formula is C15H23FN4O2. The second-order valence-corrected chi connectivity index (χ2v) is 6.56. The van der Waals surface area contributed by atoms with Gasteiger partial charge in [-0.2, -0.15) is 0 Å². The zero-order valence-corrected chi connectivity index (χ0v) is 13.2. The molecule has 0 unspecified atom stereocenters. The first kappa shape index (κ1) is 16.3. The van der Waals surface area contributed by atoms with Crippen molar-refractivity contribution in [2.75, 3.05) is 24.6 Å². The van der Waals surface area contributed by atoms with E-state index in [1.165, 1.54) is 0 Å². The molecule has 0 bridgehead atoms. The number of halogens is 1. The number of nitrogens with two attached hydrogens (primary N) is 2. The average molecular weight is 310 g/mol. The van der Waals surface area contributed by atoms with Crippen molar-refractivity contribution in [3.8, 4) is 0 Å². The second kappa shape index (κ2) is 5.98. The number of carbonyl (C=O) groups is 1. The molecule has 2 rings (SSSR count). The molecule has 122 valence electrons. The predicted octanol–water partition coefficient (Wildman–Crippen LogP) is 2.50. The molecule has 1 aliphatic heterocycles. The van der Waals surface area contributed by atoms with Crippen molar-refractivity contribution >= 4 is 17.6 Å². The highest BCUT2D eigenvalue weighted by atomic mass is 19.1. The van der Waals surface area contributed by atoms with E-state index in [9.17, 15) is 9.18 Å². The number of ether oxygens (including phenoxy) is 1. The lowest BCUT2D eigenvalue weighted by atomic mass is 9.88. The number of rotatable bonds is 1. The lowest BCUT2D eigenvalue weighted by Crippen LogP contribution is -2.41. The lowest BCUT2D eigenvalue weighted by molar-refractivity contribution is 0.0204. The number of anilines is 2. The average Bonchev–Trinajstić information content (AvgIpc) is 2.42. The van der Waals surface area contributed by atoms with Crippen LogP contribution in [0, 0.1) is 5.82 Å². The summed E-state index contributed by atoms with van der Waals surface area (Å²) < 4.78 is 19.3. The van der Waals surface area contributed by atoms with Crippen molar-refractivity contribution in [1.29, 1.82) is 0 Å². The van der Waals surface area contributed by atoms with Gasteiger partial charge in [-0.1, -0.05) is 0 Å². The second-order valence-electron chi connectivity index (χ2n) is 6.56. The van der Waals surface area contributed by atoms with Crippen molar-refractivity contribution in [2.24, 2.45) is 0 Å². The number of nitrogen functional groups attached to an aromatic ring is 2. The van der Waals surface area contributed by atoms with E-state index in [2.05, 4.69) is 4.98 Å². The molecule has 0 atom stereocenters. The number of hydrogen-bond acceptors (Lipinski definition) is 5. The van der Waals surface area contributed by atoms with E-state index in [-0.39, 0.29) is 23.5 Å². The van der Waals surface area contributed by atoms with Crippen LogP contribution in [-0.2, 0) is 4.74 Å². The van der Waals surface area contributed by atoms with Gasteiger partial charge in [-0.05, 0) is 39.5 Å². The number of nitrogens with zero attached hydrogens (tertiary/aromatic N) is 2. The Hall–Kier alpha value is -2.05. The van der Waals surface area contributed by atoms with Gasteiger partial charge in [0.05, 0.1) is 11.9 Å². The quantitative estimate of drug-likeness (QED) is 0.831. The molecule has 22 heavy (non-hydrogen) atoms. The van der Waals surface area contributed by atoms with E-state index in [0.717, 1.165) is 6.20 Å². The Kier molecular flexibility index (Phi) is 4.44. The molecule has 1 aromatic heterocycles. The maximum Gasteiger partial charge on any atom is 0.410 e. The molecule has 1 fully saturated rings. The molecule has 0 radical (unpaired) electrons. The summed E-state index contributed by atoms with van der Waals surface area (Å²) in [5, 5.41) is 0. The highest BCUT2D eigenvalue weighted by molar-refractivity contribution is 5.68. The van der Waals surface area contributed by atoms with Crippen LogP contribution >= 0.6 is 0 Å². The molecule has 2 heterocycles. The Bertz CT molecular complexity index is 563. The van der Waals surface area contributed by atoms with Gasteiger partial charge in [0.15, 0.2) is 0 Å². The molecule has 1 saturated heterocycles. The SMILES string of the molecule is CC(C)(C)OC(=O)N1CCC(c2c(F)cnc(N)c2N)CC1. The van der Waals surface area contributed by atoms with E-state index >= 15 is 0 Å². The Morgan fingerprint density at radius 3 is 2.50 bits per heavy atom. The minimum atomic E-state index is -0.524. The number of likely N-dealkylation sites (tertiary alicyclic amines) is 1. The van der Waals surface area contributed by atoms with Crippen LogP contribution < -0.4 is 11.5 Å². The van der Waals surface area contributed by atoms with E-state index in [1.807, 2.05) is 20.8 Å². The third-order valence-electron chi connectivity index (χ3n) is 3.70. The summed E-state index contributed by atoms with van der Waals surface area (Å²) in [4.78, 5) is 17.4. The Balaban J connectivity index is 2.04. The minimum Gasteiger partial charge on any atom is -0.444 e. The predicted molar refractivity (Wildman–Crippen MR) is 82.8 cm³/mol. The first-order chi connectivity index (χ1) is 10.2. The minimum absolute atomic E-state index is 0.0658. The van der Waals surface area contributed by atoms with Gasteiger partial charge < -0.3 is 21.1 Å². The number of aromatic nitrogens is 1. The molecule has 0 aliphatic carbocycles. The number of piperidine rings is 1. The summed E-state index contributed by atoms with van der Waals surface area (Å²) >= 11 is 0.